The van der Waals surface area contributed by atoms with Crippen molar-refractivity contribution in [2.75, 3.05) is 31.4 Å². The molecule has 1 fully saturated rings. The lowest BCUT2D eigenvalue weighted by Crippen LogP contribution is -2.46. The minimum atomic E-state index is -3.35. The van der Waals surface area contributed by atoms with E-state index < -0.39 is 27.3 Å². The molecule has 1 aromatic heterocycles. The fourth-order valence-corrected chi connectivity index (χ4v) is 5.94. The summed E-state index contributed by atoms with van der Waals surface area (Å²) in [6, 6.07) is 19.8. The third-order valence-electron chi connectivity index (χ3n) is 7.34. The van der Waals surface area contributed by atoms with E-state index in [0.717, 1.165) is 53.9 Å². The Morgan fingerprint density at radius 3 is 2.21 bits per heavy atom. The summed E-state index contributed by atoms with van der Waals surface area (Å²) in [6.07, 6.45) is 2.37. The molecule has 0 spiro atoms. The lowest BCUT2D eigenvalue weighted by atomic mass is 10.0. The van der Waals surface area contributed by atoms with Crippen LogP contribution in [0, 0.1) is 5.82 Å². The molecule has 1 amide bonds. The minimum absolute atomic E-state index is 0.0485. The summed E-state index contributed by atoms with van der Waals surface area (Å²) in [4.78, 5) is 14.7. The Morgan fingerprint density at radius 1 is 0.952 bits per heavy atom. The molecule has 3 aromatic carbocycles. The van der Waals surface area contributed by atoms with Crippen molar-refractivity contribution in [2.24, 2.45) is 0 Å². The number of alkyl carbamates (subject to hydrolysis) is 1. The number of halogens is 1. The number of hydrogen-bond donors (Lipinski definition) is 1. The van der Waals surface area contributed by atoms with Crippen LogP contribution in [-0.4, -0.2) is 57.2 Å². The molecule has 1 aliphatic heterocycles. The second-order valence-corrected chi connectivity index (χ2v) is 13.6. The Labute approximate surface area is 246 Å². The molecule has 0 atom stereocenters. The highest BCUT2D eigenvalue weighted by Crippen LogP contribution is 2.36. The predicted octanol–water partition coefficient (Wildman–Crippen LogP) is 6.34. The van der Waals surface area contributed by atoms with Gasteiger partial charge in [-0.05, 0) is 100 Å². The summed E-state index contributed by atoms with van der Waals surface area (Å²) in [6.45, 7) is 7.09. The molecule has 0 unspecified atom stereocenters. The van der Waals surface area contributed by atoms with E-state index in [1.807, 2.05) is 37.5 Å². The molecule has 5 rings (SSSR count). The number of carbonyl (C=O) groups excluding carboxylic acids is 1. The number of methoxy groups -OCH3 is 1. The molecule has 0 bridgehead atoms. The standard InChI is InChI=1S/C32H36FN3O5S/c1-32(2,3)41-31(37)34-23-14-16-35(17-15-23)25-9-12-28-22(18-25)20-29(21-6-13-30(40-4)27(33)19-21)36(28)24-7-10-26(11-8-24)42(5,38)39/h6-13,18-20,23H,14-17H2,1-5H3,(H,34,37). The third kappa shape index (κ3) is 6.38. The van der Waals surface area contributed by atoms with Gasteiger partial charge < -0.3 is 24.3 Å². The number of aromatic nitrogens is 1. The molecule has 0 saturated carbocycles. The largest absolute Gasteiger partial charge is 0.494 e. The number of amides is 1. The van der Waals surface area contributed by atoms with Crippen molar-refractivity contribution >= 4 is 32.5 Å². The van der Waals surface area contributed by atoms with Crippen molar-refractivity contribution in [3.05, 3.63) is 72.5 Å². The van der Waals surface area contributed by atoms with Gasteiger partial charge in [-0.1, -0.05) is 0 Å². The van der Waals surface area contributed by atoms with Crippen LogP contribution in [0.3, 0.4) is 0 Å². The number of hydrogen-bond acceptors (Lipinski definition) is 6. The lowest BCUT2D eigenvalue weighted by molar-refractivity contribution is 0.0497. The molecule has 8 nitrogen and oxygen atoms in total. The topological polar surface area (TPSA) is 89.9 Å². The second kappa shape index (κ2) is 11.3. The van der Waals surface area contributed by atoms with Crippen LogP contribution >= 0.6 is 0 Å². The van der Waals surface area contributed by atoms with E-state index in [2.05, 4.69) is 22.3 Å². The molecular formula is C32H36FN3O5S. The number of rotatable bonds is 6. The van der Waals surface area contributed by atoms with E-state index in [1.54, 1.807) is 36.4 Å². The first-order chi connectivity index (χ1) is 19.8. The first kappa shape index (κ1) is 29.4. The Morgan fingerprint density at radius 2 is 1.62 bits per heavy atom. The van der Waals surface area contributed by atoms with Gasteiger partial charge in [-0.2, -0.15) is 0 Å². The zero-order valence-electron chi connectivity index (χ0n) is 24.5. The summed E-state index contributed by atoms with van der Waals surface area (Å²) < 4.78 is 51.4. The summed E-state index contributed by atoms with van der Waals surface area (Å²) in [5.41, 5.74) is 3.59. The average Bonchev–Trinajstić information content (AvgIpc) is 3.31. The fourth-order valence-electron chi connectivity index (χ4n) is 5.31. The van der Waals surface area contributed by atoms with E-state index in [9.17, 15) is 17.6 Å². The Bertz CT molecular complexity index is 1720. The molecule has 1 N–H and O–H groups in total. The summed E-state index contributed by atoms with van der Waals surface area (Å²) >= 11 is 0. The number of piperidine rings is 1. The van der Waals surface area contributed by atoms with Gasteiger partial charge in [-0.15, -0.1) is 0 Å². The van der Waals surface area contributed by atoms with E-state index in [0.29, 0.717) is 5.56 Å². The second-order valence-electron chi connectivity index (χ2n) is 11.6. The van der Waals surface area contributed by atoms with Crippen molar-refractivity contribution in [3.8, 4) is 22.7 Å². The van der Waals surface area contributed by atoms with Gasteiger partial charge in [0, 0.05) is 47.7 Å². The molecule has 2 heterocycles. The average molecular weight is 594 g/mol. The van der Waals surface area contributed by atoms with Crippen LogP contribution in [0.15, 0.2) is 71.6 Å². The monoisotopic (exact) mass is 593 g/mol. The number of fused-ring (bicyclic) bond motifs is 1. The normalized spacial score (nSPS) is 14.7. The first-order valence-corrected chi connectivity index (χ1v) is 15.8. The van der Waals surface area contributed by atoms with Gasteiger partial charge in [0.2, 0.25) is 0 Å². The predicted molar refractivity (Wildman–Crippen MR) is 163 cm³/mol. The maximum atomic E-state index is 14.8. The third-order valence-corrected chi connectivity index (χ3v) is 8.47. The van der Waals surface area contributed by atoms with Crippen LogP contribution in [0.4, 0.5) is 14.9 Å². The quantitative estimate of drug-likeness (QED) is 0.281. The molecule has 222 valence electrons. The van der Waals surface area contributed by atoms with Crippen molar-refractivity contribution in [2.45, 2.75) is 50.2 Å². The van der Waals surface area contributed by atoms with Crippen LogP contribution in [0.25, 0.3) is 27.8 Å². The van der Waals surface area contributed by atoms with Crippen molar-refractivity contribution in [1.82, 2.24) is 9.88 Å². The molecular weight excluding hydrogens is 557 g/mol. The van der Waals surface area contributed by atoms with E-state index in [4.69, 9.17) is 9.47 Å². The highest BCUT2D eigenvalue weighted by Gasteiger charge is 2.24. The van der Waals surface area contributed by atoms with Gasteiger partial charge in [0.15, 0.2) is 21.4 Å². The number of anilines is 1. The van der Waals surface area contributed by atoms with Gasteiger partial charge in [-0.3, -0.25) is 0 Å². The molecule has 1 aliphatic rings. The van der Waals surface area contributed by atoms with E-state index in [-0.39, 0.29) is 16.7 Å². The van der Waals surface area contributed by atoms with Gasteiger partial charge in [-0.25, -0.2) is 17.6 Å². The van der Waals surface area contributed by atoms with E-state index in [1.165, 1.54) is 19.4 Å². The van der Waals surface area contributed by atoms with Gasteiger partial charge >= 0.3 is 6.09 Å². The molecule has 10 heteroatoms. The van der Waals surface area contributed by atoms with Crippen molar-refractivity contribution in [1.29, 1.82) is 0 Å². The fraction of sp³-hybridized carbons (Fsp3) is 0.344. The number of benzene rings is 3. The zero-order valence-corrected chi connectivity index (χ0v) is 25.3. The molecule has 1 saturated heterocycles. The molecule has 42 heavy (non-hydrogen) atoms. The number of sulfone groups is 1. The van der Waals surface area contributed by atoms with Crippen LogP contribution in [0.1, 0.15) is 33.6 Å². The highest BCUT2D eigenvalue weighted by molar-refractivity contribution is 7.90. The molecule has 0 aliphatic carbocycles. The summed E-state index contributed by atoms with van der Waals surface area (Å²) in [5.74, 6) is -0.312. The Kier molecular flexibility index (Phi) is 7.94. The van der Waals surface area contributed by atoms with Crippen molar-refractivity contribution in [3.63, 3.8) is 0 Å². The molecule has 4 aromatic rings. The van der Waals surface area contributed by atoms with Crippen LogP contribution in [-0.2, 0) is 14.6 Å². The van der Waals surface area contributed by atoms with Gasteiger partial charge in [0.1, 0.15) is 5.60 Å². The van der Waals surface area contributed by atoms with Gasteiger partial charge in [0.25, 0.3) is 0 Å². The van der Waals surface area contributed by atoms with Crippen LogP contribution in [0.5, 0.6) is 5.75 Å². The van der Waals surface area contributed by atoms with Crippen LogP contribution in [0.2, 0.25) is 0 Å². The van der Waals surface area contributed by atoms with Crippen molar-refractivity contribution < 1.29 is 27.1 Å². The SMILES string of the molecule is COc1ccc(-c2cc3cc(N4CCC(NC(=O)OC(C)(C)C)CC4)ccc3n2-c2ccc(S(C)(=O)=O)cc2)cc1F. The molecule has 0 radical (unpaired) electrons. The number of nitrogens with zero attached hydrogens (tertiary/aromatic N) is 2. The lowest BCUT2D eigenvalue weighted by Gasteiger charge is -2.34. The Balaban J connectivity index is 1.47. The number of nitrogens with one attached hydrogen (secondary N) is 1. The zero-order chi connectivity index (χ0) is 30.2. The van der Waals surface area contributed by atoms with Gasteiger partial charge in [0.05, 0.1) is 23.2 Å². The number of ether oxygens (including phenoxy) is 2. The Hall–Kier alpha value is -4.05. The highest BCUT2D eigenvalue weighted by atomic mass is 32.2. The van der Waals surface area contributed by atoms with Crippen LogP contribution < -0.4 is 15.0 Å². The maximum Gasteiger partial charge on any atom is 0.407 e. The minimum Gasteiger partial charge on any atom is -0.494 e. The number of carbonyl (C=O) groups is 1. The summed E-state index contributed by atoms with van der Waals surface area (Å²) in [7, 11) is -1.93. The first-order valence-electron chi connectivity index (χ1n) is 13.9. The maximum absolute atomic E-state index is 14.8. The van der Waals surface area contributed by atoms with E-state index >= 15 is 0 Å². The summed E-state index contributed by atoms with van der Waals surface area (Å²) in [5, 5.41) is 3.94. The smallest absolute Gasteiger partial charge is 0.407 e.